The van der Waals surface area contributed by atoms with Gasteiger partial charge in [-0.15, -0.1) is 0 Å². The van der Waals surface area contributed by atoms with E-state index in [2.05, 4.69) is 15.3 Å². The average Bonchev–Trinajstić information content (AvgIpc) is 2.63. The molecule has 0 aliphatic carbocycles. The summed E-state index contributed by atoms with van der Waals surface area (Å²) in [6, 6.07) is 0. The van der Waals surface area contributed by atoms with Crippen LogP contribution in [0.25, 0.3) is 0 Å². The summed E-state index contributed by atoms with van der Waals surface area (Å²) >= 11 is 1.69. The molecule has 0 radical (unpaired) electrons. The van der Waals surface area contributed by atoms with E-state index in [1.807, 2.05) is 6.92 Å². The molecule has 0 aliphatic heterocycles. The Morgan fingerprint density at radius 1 is 1.82 bits per heavy atom. The first-order valence-electron chi connectivity index (χ1n) is 5.01. The zero-order valence-electron chi connectivity index (χ0n) is 9.47. The maximum absolute atomic E-state index is 10.1. The maximum atomic E-state index is 10.1. The molecule has 1 aromatic heterocycles. The van der Waals surface area contributed by atoms with Crippen molar-refractivity contribution in [1.82, 2.24) is 15.3 Å². The molecule has 0 aliphatic rings. The van der Waals surface area contributed by atoms with Gasteiger partial charge in [0.2, 0.25) is 0 Å². The highest BCUT2D eigenvalue weighted by molar-refractivity contribution is 7.98. The second-order valence-corrected chi connectivity index (χ2v) is 4.43. The lowest BCUT2D eigenvalue weighted by molar-refractivity contribution is -0.403. The molecule has 1 aromatic rings. The Hall–Kier alpha value is -1.70. The van der Waals surface area contributed by atoms with Crippen molar-refractivity contribution in [2.75, 3.05) is 12.3 Å². The number of nitrogens with zero attached hydrogens (tertiary/aromatic N) is 2. The number of nitrogens with one attached hydrogen (secondary N) is 2. The molecule has 0 unspecified atom stereocenters. The third-order valence-electron chi connectivity index (χ3n) is 1.99. The average molecular weight is 257 g/mol. The van der Waals surface area contributed by atoms with Crippen LogP contribution in [0.15, 0.2) is 18.3 Å². The number of H-pyrrole nitrogens is 1. The molecule has 0 saturated carbocycles. The van der Waals surface area contributed by atoms with Crippen molar-refractivity contribution in [3.05, 3.63) is 39.9 Å². The second kappa shape index (κ2) is 6.79. The van der Waals surface area contributed by atoms with Gasteiger partial charge < -0.3 is 16.0 Å². The highest BCUT2D eigenvalue weighted by Gasteiger charge is 2.01. The van der Waals surface area contributed by atoms with E-state index >= 15 is 0 Å². The number of aromatic nitrogens is 2. The van der Waals surface area contributed by atoms with Crippen molar-refractivity contribution in [1.29, 1.82) is 0 Å². The highest BCUT2D eigenvalue weighted by atomic mass is 32.2. The minimum absolute atomic E-state index is 0.0755. The van der Waals surface area contributed by atoms with Crippen molar-refractivity contribution in [3.63, 3.8) is 0 Å². The molecule has 0 saturated heterocycles. The van der Waals surface area contributed by atoms with Crippen LogP contribution in [0.4, 0.5) is 0 Å². The normalized spacial score (nSPS) is 11.5. The summed E-state index contributed by atoms with van der Waals surface area (Å²) in [7, 11) is 0. The van der Waals surface area contributed by atoms with Crippen molar-refractivity contribution in [2.45, 2.75) is 12.7 Å². The Balaban J connectivity index is 2.13. The monoisotopic (exact) mass is 257 g/mol. The molecule has 0 atom stereocenters. The third kappa shape index (κ3) is 5.25. The van der Waals surface area contributed by atoms with E-state index in [1.165, 1.54) is 0 Å². The van der Waals surface area contributed by atoms with Crippen LogP contribution < -0.4 is 11.1 Å². The molecule has 17 heavy (non-hydrogen) atoms. The summed E-state index contributed by atoms with van der Waals surface area (Å²) in [4.78, 5) is 16.7. The summed E-state index contributed by atoms with van der Waals surface area (Å²) in [5, 5.41) is 12.8. The number of imidazole rings is 1. The van der Waals surface area contributed by atoms with Gasteiger partial charge in [-0.25, -0.2) is 4.98 Å². The Kier molecular flexibility index (Phi) is 5.34. The van der Waals surface area contributed by atoms with Crippen molar-refractivity contribution in [3.8, 4) is 0 Å². The molecule has 8 heteroatoms. The fourth-order valence-electron chi connectivity index (χ4n) is 1.13. The third-order valence-corrected chi connectivity index (χ3v) is 2.96. The Bertz CT molecular complexity index is 404. The van der Waals surface area contributed by atoms with Crippen LogP contribution in [0, 0.1) is 17.0 Å². The zero-order valence-corrected chi connectivity index (χ0v) is 10.3. The van der Waals surface area contributed by atoms with Gasteiger partial charge in [0.25, 0.3) is 6.20 Å². The van der Waals surface area contributed by atoms with Crippen LogP contribution in [0.2, 0.25) is 0 Å². The Morgan fingerprint density at radius 3 is 3.18 bits per heavy atom. The van der Waals surface area contributed by atoms with Crippen LogP contribution in [0.3, 0.4) is 0 Å². The number of hydrogen-bond donors (Lipinski definition) is 3. The van der Waals surface area contributed by atoms with Gasteiger partial charge in [-0.3, -0.25) is 10.1 Å². The SMILES string of the molecule is Cc1[nH]cnc1CSCCNC(N)=C[N+](=O)[O-]. The quantitative estimate of drug-likeness (QED) is 0.374. The van der Waals surface area contributed by atoms with E-state index in [0.717, 1.165) is 29.1 Å². The van der Waals surface area contributed by atoms with Gasteiger partial charge >= 0.3 is 0 Å². The van der Waals surface area contributed by atoms with E-state index in [-0.39, 0.29) is 5.82 Å². The number of aryl methyl sites for hydroxylation is 1. The molecule has 94 valence electrons. The maximum Gasteiger partial charge on any atom is 0.273 e. The first-order chi connectivity index (χ1) is 8.09. The highest BCUT2D eigenvalue weighted by Crippen LogP contribution is 2.11. The van der Waals surface area contributed by atoms with Gasteiger partial charge in [-0.05, 0) is 6.92 Å². The summed E-state index contributed by atoms with van der Waals surface area (Å²) in [5.41, 5.74) is 7.46. The zero-order chi connectivity index (χ0) is 12.7. The number of aromatic amines is 1. The minimum Gasteiger partial charge on any atom is -0.380 e. The predicted molar refractivity (Wildman–Crippen MR) is 66.8 cm³/mol. The number of rotatable bonds is 7. The lowest BCUT2D eigenvalue weighted by Crippen LogP contribution is -2.23. The number of nitrogens with two attached hydrogens (primary N) is 1. The van der Waals surface area contributed by atoms with E-state index in [4.69, 9.17) is 5.73 Å². The van der Waals surface area contributed by atoms with Gasteiger partial charge in [0.1, 0.15) is 0 Å². The van der Waals surface area contributed by atoms with E-state index in [1.54, 1.807) is 18.1 Å². The first kappa shape index (κ1) is 13.4. The molecule has 4 N–H and O–H groups in total. The lowest BCUT2D eigenvalue weighted by atomic mass is 10.4. The molecule has 0 bridgehead atoms. The van der Waals surface area contributed by atoms with E-state index in [0.29, 0.717) is 6.54 Å². The van der Waals surface area contributed by atoms with E-state index < -0.39 is 4.92 Å². The largest absolute Gasteiger partial charge is 0.380 e. The topological polar surface area (TPSA) is 110 Å². The number of nitro groups is 1. The molecule has 0 fully saturated rings. The van der Waals surface area contributed by atoms with Crippen molar-refractivity contribution in [2.24, 2.45) is 5.73 Å². The summed E-state index contributed by atoms with van der Waals surface area (Å²) in [6.07, 6.45) is 2.42. The Morgan fingerprint density at radius 2 is 2.59 bits per heavy atom. The summed E-state index contributed by atoms with van der Waals surface area (Å²) in [5.74, 6) is 1.69. The summed E-state index contributed by atoms with van der Waals surface area (Å²) < 4.78 is 0. The lowest BCUT2D eigenvalue weighted by Gasteiger charge is -2.03. The second-order valence-electron chi connectivity index (χ2n) is 3.32. The molecule has 0 spiro atoms. The number of hydrogen-bond acceptors (Lipinski definition) is 6. The van der Waals surface area contributed by atoms with Crippen LogP contribution in [-0.4, -0.2) is 27.2 Å². The van der Waals surface area contributed by atoms with Gasteiger partial charge in [0.15, 0.2) is 5.82 Å². The molecular weight excluding hydrogens is 242 g/mol. The minimum atomic E-state index is -0.581. The molecular formula is C9H15N5O2S. The molecule has 1 heterocycles. The fourth-order valence-corrected chi connectivity index (χ4v) is 2.00. The molecule has 0 aromatic carbocycles. The first-order valence-corrected chi connectivity index (χ1v) is 6.16. The van der Waals surface area contributed by atoms with Gasteiger partial charge in [0, 0.05) is 23.7 Å². The molecule has 0 amide bonds. The fraction of sp³-hybridized carbons (Fsp3) is 0.444. The van der Waals surface area contributed by atoms with Crippen molar-refractivity contribution >= 4 is 11.8 Å². The van der Waals surface area contributed by atoms with Crippen LogP contribution >= 0.6 is 11.8 Å². The Labute approximate surface area is 103 Å². The van der Waals surface area contributed by atoms with Gasteiger partial charge in [-0.2, -0.15) is 11.8 Å². The van der Waals surface area contributed by atoms with Crippen LogP contribution in [0.5, 0.6) is 0 Å². The smallest absolute Gasteiger partial charge is 0.273 e. The predicted octanol–water partition coefficient (Wildman–Crippen LogP) is 0.575. The van der Waals surface area contributed by atoms with Gasteiger partial charge in [-0.1, -0.05) is 0 Å². The molecule has 7 nitrogen and oxygen atoms in total. The van der Waals surface area contributed by atoms with Crippen LogP contribution in [0.1, 0.15) is 11.4 Å². The van der Waals surface area contributed by atoms with Gasteiger partial charge in [0.05, 0.1) is 16.9 Å². The molecule has 1 rings (SSSR count). The standard InChI is InChI=1S/C9H15N5O2S/c1-7-8(13-6-12-7)5-17-3-2-11-9(10)4-14(15)16/h4,6,11H,2-3,5,10H2,1H3,(H,12,13). The summed E-state index contributed by atoms with van der Waals surface area (Å²) in [6.45, 7) is 2.56. The number of thioether (sulfide) groups is 1. The van der Waals surface area contributed by atoms with Crippen molar-refractivity contribution < 1.29 is 4.92 Å². The van der Waals surface area contributed by atoms with Crippen LogP contribution in [-0.2, 0) is 5.75 Å². The van der Waals surface area contributed by atoms with E-state index in [9.17, 15) is 10.1 Å².